The number of fused-ring (bicyclic) bond motifs is 1. The van der Waals surface area contributed by atoms with Crippen LogP contribution in [0.3, 0.4) is 0 Å². The molecule has 0 radical (unpaired) electrons. The van der Waals surface area contributed by atoms with E-state index in [0.29, 0.717) is 22.6 Å². The summed E-state index contributed by atoms with van der Waals surface area (Å²) >= 11 is 0. The summed E-state index contributed by atoms with van der Waals surface area (Å²) in [4.78, 5) is 13.8. The average molecular weight is 230 g/mol. The van der Waals surface area contributed by atoms with Gasteiger partial charge in [-0.05, 0) is 6.07 Å². The lowest BCUT2D eigenvalue weighted by molar-refractivity contribution is 0.555. The fourth-order valence-corrected chi connectivity index (χ4v) is 1.80. The summed E-state index contributed by atoms with van der Waals surface area (Å²) in [6, 6.07) is 7.14. The molecule has 2 heterocycles. The molecule has 2 aromatic heterocycles. The van der Waals surface area contributed by atoms with Crippen molar-refractivity contribution < 1.29 is 4.42 Å². The van der Waals surface area contributed by atoms with Crippen LogP contribution in [0, 0.1) is 0 Å². The van der Waals surface area contributed by atoms with Crippen LogP contribution >= 0.6 is 0 Å². The van der Waals surface area contributed by atoms with Crippen molar-refractivity contribution in [3.05, 3.63) is 34.8 Å². The largest absolute Gasteiger partial charge is 0.417 e. The number of nitrogens with two attached hydrogens (primary N) is 1. The molecule has 0 fully saturated rings. The van der Waals surface area contributed by atoms with Crippen LogP contribution in [0.1, 0.15) is 0 Å². The van der Waals surface area contributed by atoms with E-state index in [-0.39, 0.29) is 0 Å². The number of hydrogen-bond acceptors (Lipinski definition) is 4. The zero-order valence-electron chi connectivity index (χ0n) is 9.10. The van der Waals surface area contributed by atoms with Crippen molar-refractivity contribution in [2.24, 2.45) is 7.05 Å². The van der Waals surface area contributed by atoms with E-state index in [1.165, 1.54) is 0 Å². The van der Waals surface area contributed by atoms with E-state index in [2.05, 4.69) is 10.1 Å². The lowest BCUT2D eigenvalue weighted by atomic mass is 10.1. The Hall–Kier alpha value is -2.50. The molecule has 0 unspecified atom stereocenters. The monoisotopic (exact) mass is 230 g/mol. The Morgan fingerprint density at radius 1 is 1.47 bits per heavy atom. The van der Waals surface area contributed by atoms with Gasteiger partial charge in [0.1, 0.15) is 5.82 Å². The number of hydrogen-bond donors (Lipinski definition) is 2. The summed E-state index contributed by atoms with van der Waals surface area (Å²) in [6.45, 7) is 0. The number of benzene rings is 1. The van der Waals surface area contributed by atoms with Gasteiger partial charge < -0.3 is 10.2 Å². The Morgan fingerprint density at radius 2 is 2.29 bits per heavy atom. The second-order valence-corrected chi connectivity index (χ2v) is 3.77. The third kappa shape index (κ3) is 1.42. The molecule has 86 valence electrons. The van der Waals surface area contributed by atoms with Crippen LogP contribution in [0.15, 0.2) is 33.5 Å². The minimum atomic E-state index is -0.476. The van der Waals surface area contributed by atoms with Crippen molar-refractivity contribution in [1.29, 1.82) is 0 Å². The fourth-order valence-electron chi connectivity index (χ4n) is 1.80. The summed E-state index contributed by atoms with van der Waals surface area (Å²) in [5, 5.41) is 4.27. The number of nitrogens with zero attached hydrogens (tertiary/aromatic N) is 2. The molecule has 1 aromatic carbocycles. The highest BCUT2D eigenvalue weighted by Crippen LogP contribution is 2.26. The second-order valence-electron chi connectivity index (χ2n) is 3.77. The van der Waals surface area contributed by atoms with E-state index in [1.807, 2.05) is 6.07 Å². The Balaban J connectivity index is 2.33. The smallest absolute Gasteiger partial charge is 0.408 e. The number of oxazole rings is 1. The minimum absolute atomic E-state index is 0.476. The SMILES string of the molecule is Cn1nc(-c2cccc3oc(=O)[nH]c23)cc1N. The second kappa shape index (κ2) is 3.24. The molecule has 3 aromatic rings. The molecule has 0 bridgehead atoms. The number of nitrogen functional groups attached to an aromatic ring is 1. The molecule has 6 heteroatoms. The predicted octanol–water partition coefficient (Wildman–Crippen LogP) is 1.10. The number of aromatic nitrogens is 3. The van der Waals surface area contributed by atoms with Gasteiger partial charge in [-0.3, -0.25) is 9.67 Å². The van der Waals surface area contributed by atoms with Gasteiger partial charge in [0.15, 0.2) is 5.58 Å². The number of H-pyrrole nitrogens is 1. The van der Waals surface area contributed by atoms with E-state index < -0.39 is 5.76 Å². The fraction of sp³-hybridized carbons (Fsp3) is 0.0909. The van der Waals surface area contributed by atoms with Crippen LogP contribution in [0.2, 0.25) is 0 Å². The molecule has 0 atom stereocenters. The molecule has 0 amide bonds. The molecule has 0 saturated heterocycles. The lowest BCUT2D eigenvalue weighted by Gasteiger charge is -1.96. The van der Waals surface area contributed by atoms with Gasteiger partial charge in [0.2, 0.25) is 0 Å². The zero-order valence-corrected chi connectivity index (χ0v) is 9.10. The summed E-state index contributed by atoms with van der Waals surface area (Å²) in [5.74, 6) is 0.0826. The van der Waals surface area contributed by atoms with Crippen LogP contribution in [0.4, 0.5) is 5.82 Å². The van der Waals surface area contributed by atoms with Crippen LogP contribution in [0.25, 0.3) is 22.4 Å². The predicted molar refractivity (Wildman–Crippen MR) is 63.4 cm³/mol. The average Bonchev–Trinajstić information content (AvgIpc) is 2.81. The summed E-state index contributed by atoms with van der Waals surface area (Å²) in [7, 11) is 1.76. The number of aryl methyl sites for hydroxylation is 1. The van der Waals surface area contributed by atoms with E-state index in [4.69, 9.17) is 10.2 Å². The topological polar surface area (TPSA) is 89.8 Å². The maximum atomic E-state index is 11.2. The molecule has 0 aliphatic heterocycles. The van der Waals surface area contributed by atoms with Crippen molar-refractivity contribution in [3.63, 3.8) is 0 Å². The minimum Gasteiger partial charge on any atom is -0.408 e. The van der Waals surface area contributed by atoms with E-state index in [9.17, 15) is 4.79 Å². The first kappa shape index (κ1) is 9.71. The molecular weight excluding hydrogens is 220 g/mol. The first-order chi connectivity index (χ1) is 8.15. The Bertz CT molecular complexity index is 731. The Morgan fingerprint density at radius 3 is 3.00 bits per heavy atom. The van der Waals surface area contributed by atoms with Crippen molar-refractivity contribution in [2.75, 3.05) is 5.73 Å². The van der Waals surface area contributed by atoms with E-state index in [0.717, 1.165) is 5.56 Å². The molecule has 3 rings (SSSR count). The third-order valence-electron chi connectivity index (χ3n) is 2.65. The summed E-state index contributed by atoms with van der Waals surface area (Å²) in [5.41, 5.74) is 8.37. The van der Waals surface area contributed by atoms with Crippen molar-refractivity contribution >= 4 is 16.9 Å². The van der Waals surface area contributed by atoms with E-state index >= 15 is 0 Å². The van der Waals surface area contributed by atoms with Gasteiger partial charge in [-0.15, -0.1) is 0 Å². The first-order valence-corrected chi connectivity index (χ1v) is 5.07. The molecule has 17 heavy (non-hydrogen) atoms. The molecule has 3 N–H and O–H groups in total. The zero-order chi connectivity index (χ0) is 12.0. The number of rotatable bonds is 1. The van der Waals surface area contributed by atoms with Crippen LogP contribution in [-0.2, 0) is 7.05 Å². The number of nitrogens with one attached hydrogen (secondary N) is 1. The van der Waals surface area contributed by atoms with Crippen LogP contribution in [-0.4, -0.2) is 14.8 Å². The van der Waals surface area contributed by atoms with Crippen LogP contribution < -0.4 is 11.5 Å². The van der Waals surface area contributed by atoms with Crippen molar-refractivity contribution in [1.82, 2.24) is 14.8 Å². The molecule has 0 spiro atoms. The summed E-state index contributed by atoms with van der Waals surface area (Å²) in [6.07, 6.45) is 0. The van der Waals surface area contributed by atoms with Gasteiger partial charge in [-0.2, -0.15) is 5.10 Å². The van der Waals surface area contributed by atoms with Gasteiger partial charge >= 0.3 is 5.76 Å². The van der Waals surface area contributed by atoms with Gasteiger partial charge in [-0.1, -0.05) is 12.1 Å². The quantitative estimate of drug-likeness (QED) is 0.655. The van der Waals surface area contributed by atoms with Gasteiger partial charge in [0.05, 0.1) is 11.2 Å². The third-order valence-corrected chi connectivity index (χ3v) is 2.65. The van der Waals surface area contributed by atoms with Gasteiger partial charge in [-0.25, -0.2) is 4.79 Å². The Kier molecular flexibility index (Phi) is 1.85. The highest BCUT2D eigenvalue weighted by molar-refractivity contribution is 5.89. The van der Waals surface area contributed by atoms with Crippen molar-refractivity contribution in [3.8, 4) is 11.3 Å². The lowest BCUT2D eigenvalue weighted by Crippen LogP contribution is -1.96. The number of para-hydroxylation sites is 1. The maximum absolute atomic E-state index is 11.2. The summed E-state index contributed by atoms with van der Waals surface area (Å²) < 4.78 is 6.57. The van der Waals surface area contributed by atoms with E-state index in [1.54, 1.807) is 29.9 Å². The molecule has 0 aliphatic rings. The highest BCUT2D eigenvalue weighted by Gasteiger charge is 2.11. The van der Waals surface area contributed by atoms with Gasteiger partial charge in [0, 0.05) is 18.7 Å². The normalized spacial score (nSPS) is 11.1. The molecule has 0 saturated carbocycles. The molecule has 0 aliphatic carbocycles. The maximum Gasteiger partial charge on any atom is 0.417 e. The molecular formula is C11H10N4O2. The van der Waals surface area contributed by atoms with Crippen LogP contribution in [0.5, 0.6) is 0 Å². The molecule has 6 nitrogen and oxygen atoms in total. The van der Waals surface area contributed by atoms with Gasteiger partial charge in [0.25, 0.3) is 0 Å². The number of aromatic amines is 1. The highest BCUT2D eigenvalue weighted by atomic mass is 16.4. The standard InChI is InChI=1S/C11H10N4O2/c1-15-9(12)5-7(14-15)6-3-2-4-8-10(6)13-11(16)17-8/h2-5H,12H2,1H3,(H,13,16). The van der Waals surface area contributed by atoms with Crippen molar-refractivity contribution in [2.45, 2.75) is 0 Å². The first-order valence-electron chi connectivity index (χ1n) is 5.07. The Labute approximate surface area is 95.7 Å². The number of anilines is 1.